The summed E-state index contributed by atoms with van der Waals surface area (Å²) in [5, 5.41) is 12.2. The quantitative estimate of drug-likeness (QED) is 0.839. The van der Waals surface area contributed by atoms with Crippen LogP contribution in [0.4, 0.5) is 5.82 Å². The Hall–Kier alpha value is -1.62. The summed E-state index contributed by atoms with van der Waals surface area (Å²) in [4.78, 5) is 18.7. The Morgan fingerprint density at radius 1 is 1.38 bits per heavy atom. The largest absolute Gasteiger partial charge is 0.393 e. The minimum absolute atomic E-state index is 0.104. The van der Waals surface area contributed by atoms with E-state index in [2.05, 4.69) is 15.2 Å². The Bertz CT molecular complexity index is 453. The zero-order chi connectivity index (χ0) is 15.2. The molecule has 0 spiro atoms. The van der Waals surface area contributed by atoms with E-state index in [-0.39, 0.29) is 17.9 Å². The molecular weight excluding hydrogens is 266 g/mol. The Morgan fingerprint density at radius 2 is 2.10 bits per heavy atom. The van der Waals surface area contributed by atoms with E-state index in [4.69, 9.17) is 0 Å². The van der Waals surface area contributed by atoms with Crippen molar-refractivity contribution in [3.8, 4) is 0 Å². The maximum absolute atomic E-state index is 12.0. The first-order valence-corrected chi connectivity index (χ1v) is 7.73. The molecule has 0 aliphatic carbocycles. The second kappa shape index (κ2) is 7.41. The molecule has 1 amide bonds. The van der Waals surface area contributed by atoms with Crippen LogP contribution < -0.4 is 10.2 Å². The fourth-order valence-electron chi connectivity index (χ4n) is 2.69. The summed E-state index contributed by atoms with van der Waals surface area (Å²) in [6.07, 6.45) is 4.42. The smallest absolute Gasteiger partial charge is 0.252 e. The van der Waals surface area contributed by atoms with Gasteiger partial charge in [0.05, 0.1) is 11.7 Å². The van der Waals surface area contributed by atoms with Gasteiger partial charge < -0.3 is 15.3 Å². The van der Waals surface area contributed by atoms with Crippen LogP contribution in [0.5, 0.6) is 0 Å². The zero-order valence-electron chi connectivity index (χ0n) is 12.9. The summed E-state index contributed by atoms with van der Waals surface area (Å²) >= 11 is 0. The highest BCUT2D eigenvalue weighted by Crippen LogP contribution is 2.17. The summed E-state index contributed by atoms with van der Waals surface area (Å²) in [5.74, 6) is 1.10. The van der Waals surface area contributed by atoms with Crippen LogP contribution in [0.1, 0.15) is 43.5 Å². The molecule has 1 aliphatic heterocycles. The van der Waals surface area contributed by atoms with Crippen LogP contribution in [0, 0.1) is 5.92 Å². The minimum Gasteiger partial charge on any atom is -0.393 e. The van der Waals surface area contributed by atoms with Gasteiger partial charge >= 0.3 is 0 Å². The Kier molecular flexibility index (Phi) is 5.56. The number of aliphatic hydroxyl groups excluding tert-OH is 1. The highest BCUT2D eigenvalue weighted by Gasteiger charge is 2.14. The van der Waals surface area contributed by atoms with Gasteiger partial charge in [0.1, 0.15) is 5.82 Å². The van der Waals surface area contributed by atoms with E-state index in [1.54, 1.807) is 13.1 Å². The molecule has 2 heterocycles. The van der Waals surface area contributed by atoms with E-state index in [0.717, 1.165) is 18.9 Å². The lowest BCUT2D eigenvalue weighted by Gasteiger charge is -2.16. The molecule has 1 saturated heterocycles. The molecule has 116 valence electrons. The van der Waals surface area contributed by atoms with Gasteiger partial charge in [-0.3, -0.25) is 4.79 Å². The van der Waals surface area contributed by atoms with Crippen LogP contribution in [-0.4, -0.2) is 41.7 Å². The van der Waals surface area contributed by atoms with Crippen LogP contribution in [0.3, 0.4) is 0 Å². The van der Waals surface area contributed by atoms with E-state index >= 15 is 0 Å². The lowest BCUT2D eigenvalue weighted by molar-refractivity contribution is 0.0939. The van der Waals surface area contributed by atoms with Crippen molar-refractivity contribution in [3.63, 3.8) is 0 Å². The summed E-state index contributed by atoms with van der Waals surface area (Å²) < 4.78 is 0. The Morgan fingerprint density at radius 3 is 2.67 bits per heavy atom. The molecule has 2 atom stereocenters. The van der Waals surface area contributed by atoms with Crippen molar-refractivity contribution in [2.45, 2.75) is 39.2 Å². The normalized spacial score (nSPS) is 17.6. The second-order valence-electron chi connectivity index (χ2n) is 6.00. The van der Waals surface area contributed by atoms with Gasteiger partial charge in [-0.25, -0.2) is 4.98 Å². The second-order valence-corrected chi connectivity index (χ2v) is 6.00. The third-order valence-corrected chi connectivity index (χ3v) is 3.79. The van der Waals surface area contributed by atoms with E-state index in [1.165, 1.54) is 12.8 Å². The number of aromatic nitrogens is 1. The van der Waals surface area contributed by atoms with Gasteiger partial charge in [-0.15, -0.1) is 0 Å². The van der Waals surface area contributed by atoms with E-state index < -0.39 is 0 Å². The van der Waals surface area contributed by atoms with Gasteiger partial charge in [0.15, 0.2) is 0 Å². The topological polar surface area (TPSA) is 65.5 Å². The molecule has 2 N–H and O–H groups in total. The number of hydrogen-bond acceptors (Lipinski definition) is 4. The first-order chi connectivity index (χ1) is 10.1. The molecule has 1 aromatic heterocycles. The highest BCUT2D eigenvalue weighted by atomic mass is 16.3. The first kappa shape index (κ1) is 15.8. The van der Waals surface area contributed by atoms with Crippen molar-refractivity contribution >= 4 is 11.7 Å². The summed E-state index contributed by atoms with van der Waals surface area (Å²) in [6, 6.07) is 3.74. The third-order valence-electron chi connectivity index (χ3n) is 3.79. The van der Waals surface area contributed by atoms with Crippen molar-refractivity contribution in [2.75, 3.05) is 24.5 Å². The first-order valence-electron chi connectivity index (χ1n) is 7.73. The Balaban J connectivity index is 1.85. The molecule has 2 rings (SSSR count). The molecule has 5 heteroatoms. The molecule has 1 fully saturated rings. The van der Waals surface area contributed by atoms with Gasteiger partial charge in [0.25, 0.3) is 5.91 Å². The molecule has 0 bridgehead atoms. The van der Waals surface area contributed by atoms with Gasteiger partial charge in [-0.05, 0) is 44.2 Å². The van der Waals surface area contributed by atoms with Crippen molar-refractivity contribution in [1.82, 2.24) is 10.3 Å². The molecule has 0 radical (unpaired) electrons. The van der Waals surface area contributed by atoms with Crippen molar-refractivity contribution in [2.24, 2.45) is 5.92 Å². The maximum Gasteiger partial charge on any atom is 0.252 e. The van der Waals surface area contributed by atoms with Crippen LogP contribution >= 0.6 is 0 Å². The number of rotatable bonds is 6. The average molecular weight is 291 g/mol. The number of nitrogens with zero attached hydrogens (tertiary/aromatic N) is 2. The maximum atomic E-state index is 12.0. The SMILES string of the molecule is CC(O)CC(C)CNC(=O)c1ccc(N2CCCC2)nc1. The predicted octanol–water partition coefficient (Wildman–Crippen LogP) is 1.82. The van der Waals surface area contributed by atoms with Gasteiger partial charge in [-0.1, -0.05) is 6.92 Å². The lowest BCUT2D eigenvalue weighted by Crippen LogP contribution is -2.29. The number of anilines is 1. The fraction of sp³-hybridized carbons (Fsp3) is 0.625. The summed E-state index contributed by atoms with van der Waals surface area (Å²) in [5.41, 5.74) is 0.585. The van der Waals surface area contributed by atoms with Gasteiger partial charge in [0, 0.05) is 25.8 Å². The molecule has 2 unspecified atom stereocenters. The van der Waals surface area contributed by atoms with Crippen LogP contribution in [0.2, 0.25) is 0 Å². The van der Waals surface area contributed by atoms with E-state index in [9.17, 15) is 9.90 Å². The highest BCUT2D eigenvalue weighted by molar-refractivity contribution is 5.94. The molecular formula is C16H25N3O2. The molecule has 5 nitrogen and oxygen atoms in total. The monoisotopic (exact) mass is 291 g/mol. The number of aliphatic hydroxyl groups is 1. The minimum atomic E-state index is -0.335. The number of carbonyl (C=O) groups excluding carboxylic acids is 1. The number of carbonyl (C=O) groups is 1. The number of hydrogen-bond donors (Lipinski definition) is 2. The van der Waals surface area contributed by atoms with Crippen molar-refractivity contribution < 1.29 is 9.90 Å². The summed E-state index contributed by atoms with van der Waals surface area (Å²) in [6.45, 7) is 6.45. The van der Waals surface area contributed by atoms with Gasteiger partial charge in [-0.2, -0.15) is 0 Å². The summed E-state index contributed by atoms with van der Waals surface area (Å²) in [7, 11) is 0. The van der Waals surface area contributed by atoms with Crippen LogP contribution in [0.25, 0.3) is 0 Å². The number of nitrogens with one attached hydrogen (secondary N) is 1. The predicted molar refractivity (Wildman–Crippen MR) is 83.5 cm³/mol. The molecule has 21 heavy (non-hydrogen) atoms. The molecule has 1 aromatic rings. The zero-order valence-corrected chi connectivity index (χ0v) is 12.9. The molecule has 0 aromatic carbocycles. The number of amides is 1. The lowest BCUT2D eigenvalue weighted by atomic mass is 10.0. The average Bonchev–Trinajstić information content (AvgIpc) is 2.98. The van der Waals surface area contributed by atoms with Crippen molar-refractivity contribution in [3.05, 3.63) is 23.9 Å². The van der Waals surface area contributed by atoms with Gasteiger partial charge in [0.2, 0.25) is 0 Å². The fourth-order valence-corrected chi connectivity index (χ4v) is 2.69. The van der Waals surface area contributed by atoms with E-state index in [0.29, 0.717) is 18.5 Å². The van der Waals surface area contributed by atoms with Crippen LogP contribution in [-0.2, 0) is 0 Å². The van der Waals surface area contributed by atoms with Crippen molar-refractivity contribution in [1.29, 1.82) is 0 Å². The Labute approximate surface area is 126 Å². The molecule has 0 saturated carbocycles. The standard InChI is InChI=1S/C16H25N3O2/c1-12(9-13(2)20)10-18-16(21)14-5-6-15(17-11-14)19-7-3-4-8-19/h5-6,11-13,20H,3-4,7-10H2,1-2H3,(H,18,21). The number of pyridine rings is 1. The third kappa shape index (κ3) is 4.70. The molecule has 1 aliphatic rings. The van der Waals surface area contributed by atoms with Crippen LogP contribution in [0.15, 0.2) is 18.3 Å². The van der Waals surface area contributed by atoms with E-state index in [1.807, 2.05) is 19.1 Å².